The molecular weight excluding hydrogens is 216 g/mol. The lowest BCUT2D eigenvalue weighted by Crippen LogP contribution is -2.11. The Labute approximate surface area is 116 Å². The second kappa shape index (κ2) is 11.6. The average molecular weight is 250 g/mol. The fourth-order valence-corrected chi connectivity index (χ4v) is 2.51. The first-order valence-corrected chi connectivity index (χ1v) is 7.88. The molecule has 0 fully saturated rings. The molecule has 0 aromatic heterocycles. The van der Waals surface area contributed by atoms with Crippen LogP contribution in [0.5, 0.6) is 0 Å². The number of rotatable bonds is 11. The van der Waals surface area contributed by atoms with Gasteiger partial charge in [0.25, 0.3) is 0 Å². The number of allylic oxidation sites excluding steroid dienone is 3. The van der Waals surface area contributed by atoms with Gasteiger partial charge in [0, 0.05) is 0 Å². The molecule has 0 amide bonds. The van der Waals surface area contributed by atoms with Crippen LogP contribution >= 0.6 is 0 Å². The molecule has 0 bridgehead atoms. The minimum absolute atomic E-state index is 0.877. The zero-order valence-electron chi connectivity index (χ0n) is 13.2. The van der Waals surface area contributed by atoms with E-state index in [4.69, 9.17) is 0 Å². The minimum Gasteiger partial charge on any atom is -0.103 e. The highest BCUT2D eigenvalue weighted by molar-refractivity contribution is 4.94. The molecule has 0 aromatic rings. The van der Waals surface area contributed by atoms with Gasteiger partial charge in [-0.1, -0.05) is 57.3 Å². The van der Waals surface area contributed by atoms with E-state index in [-0.39, 0.29) is 0 Å². The zero-order chi connectivity index (χ0) is 13.8. The van der Waals surface area contributed by atoms with Crippen LogP contribution in [0.4, 0.5) is 0 Å². The highest BCUT2D eigenvalue weighted by Crippen LogP contribution is 2.26. The van der Waals surface area contributed by atoms with E-state index in [0.29, 0.717) is 0 Å². The summed E-state index contributed by atoms with van der Waals surface area (Å²) in [5.41, 5.74) is 1.54. The van der Waals surface area contributed by atoms with Crippen molar-refractivity contribution >= 4 is 0 Å². The van der Waals surface area contributed by atoms with Crippen molar-refractivity contribution in [3.8, 4) is 0 Å². The summed E-state index contributed by atoms with van der Waals surface area (Å²) in [7, 11) is 0. The van der Waals surface area contributed by atoms with Gasteiger partial charge >= 0.3 is 0 Å². The van der Waals surface area contributed by atoms with E-state index in [1.165, 1.54) is 51.4 Å². The van der Waals surface area contributed by atoms with Crippen LogP contribution in [0.25, 0.3) is 0 Å². The Bertz CT molecular complexity index is 224. The predicted octanol–water partition coefficient (Wildman–Crippen LogP) is 6.53. The van der Waals surface area contributed by atoms with Gasteiger partial charge in [-0.25, -0.2) is 0 Å². The number of hydrogen-bond donors (Lipinski definition) is 0. The average Bonchev–Trinajstić information content (AvgIpc) is 2.40. The van der Waals surface area contributed by atoms with Gasteiger partial charge < -0.3 is 0 Å². The third kappa shape index (κ3) is 8.55. The SMILES string of the molecule is C=CCCC(CCCCCC(C)=CC)C(C)CC. The summed E-state index contributed by atoms with van der Waals surface area (Å²) >= 11 is 0. The molecule has 0 rings (SSSR count). The summed E-state index contributed by atoms with van der Waals surface area (Å²) in [6, 6.07) is 0. The van der Waals surface area contributed by atoms with Crippen LogP contribution < -0.4 is 0 Å². The van der Waals surface area contributed by atoms with Gasteiger partial charge in [0.05, 0.1) is 0 Å². The van der Waals surface area contributed by atoms with Crippen molar-refractivity contribution < 1.29 is 0 Å². The molecule has 0 aliphatic heterocycles. The Morgan fingerprint density at radius 2 is 1.89 bits per heavy atom. The van der Waals surface area contributed by atoms with E-state index in [1.54, 1.807) is 5.57 Å². The maximum Gasteiger partial charge on any atom is -0.0323 e. The highest BCUT2D eigenvalue weighted by atomic mass is 14.2. The monoisotopic (exact) mass is 250 g/mol. The fourth-order valence-electron chi connectivity index (χ4n) is 2.51. The summed E-state index contributed by atoms with van der Waals surface area (Å²) in [5.74, 6) is 1.79. The molecule has 0 spiro atoms. The molecule has 0 nitrogen and oxygen atoms in total. The van der Waals surface area contributed by atoms with E-state index in [0.717, 1.165) is 11.8 Å². The molecule has 0 saturated carbocycles. The van der Waals surface area contributed by atoms with Crippen molar-refractivity contribution in [1.29, 1.82) is 0 Å². The summed E-state index contributed by atoms with van der Waals surface area (Å²) in [4.78, 5) is 0. The molecule has 2 atom stereocenters. The van der Waals surface area contributed by atoms with Gasteiger partial charge in [-0.2, -0.15) is 0 Å². The Kier molecular flexibility index (Phi) is 11.2. The summed E-state index contributed by atoms with van der Waals surface area (Å²) < 4.78 is 0. The highest BCUT2D eigenvalue weighted by Gasteiger charge is 2.14. The van der Waals surface area contributed by atoms with Crippen LogP contribution in [-0.2, 0) is 0 Å². The van der Waals surface area contributed by atoms with Gasteiger partial charge in [0.1, 0.15) is 0 Å². The molecule has 2 unspecified atom stereocenters. The maximum atomic E-state index is 3.85. The van der Waals surface area contributed by atoms with Gasteiger partial charge in [0.2, 0.25) is 0 Å². The second-order valence-corrected chi connectivity index (χ2v) is 5.75. The topological polar surface area (TPSA) is 0 Å². The van der Waals surface area contributed by atoms with Crippen LogP contribution in [0.3, 0.4) is 0 Å². The smallest absolute Gasteiger partial charge is 0.0323 e. The van der Waals surface area contributed by atoms with Crippen LogP contribution in [0, 0.1) is 11.8 Å². The van der Waals surface area contributed by atoms with Crippen molar-refractivity contribution in [1.82, 2.24) is 0 Å². The molecule has 0 aliphatic rings. The van der Waals surface area contributed by atoms with E-state index in [9.17, 15) is 0 Å². The molecule has 0 saturated heterocycles. The Morgan fingerprint density at radius 3 is 2.44 bits per heavy atom. The summed E-state index contributed by atoms with van der Waals surface area (Å²) in [5, 5.41) is 0. The molecule has 0 radical (unpaired) electrons. The molecule has 0 aliphatic carbocycles. The first-order valence-electron chi connectivity index (χ1n) is 7.88. The minimum atomic E-state index is 0.877. The Hall–Kier alpha value is -0.520. The lowest BCUT2D eigenvalue weighted by molar-refractivity contribution is 0.299. The molecule has 0 N–H and O–H groups in total. The summed E-state index contributed by atoms with van der Waals surface area (Å²) in [6.45, 7) is 13.0. The molecular formula is C18H34. The predicted molar refractivity (Wildman–Crippen MR) is 84.9 cm³/mol. The largest absolute Gasteiger partial charge is 0.103 e. The van der Waals surface area contributed by atoms with Gasteiger partial charge in [-0.15, -0.1) is 6.58 Å². The standard InChI is InChI=1S/C18H34/c1-6-9-14-18(17(5)8-3)15-12-10-11-13-16(4)7-2/h6-7,17-18H,1,8-15H2,2-5H3. The lowest BCUT2D eigenvalue weighted by Gasteiger charge is -2.22. The molecule has 18 heavy (non-hydrogen) atoms. The van der Waals surface area contributed by atoms with E-state index >= 15 is 0 Å². The van der Waals surface area contributed by atoms with Crippen molar-refractivity contribution in [2.45, 2.75) is 79.1 Å². The zero-order valence-corrected chi connectivity index (χ0v) is 13.2. The Balaban J connectivity index is 3.78. The fraction of sp³-hybridized carbons (Fsp3) is 0.778. The van der Waals surface area contributed by atoms with E-state index < -0.39 is 0 Å². The number of unbranched alkanes of at least 4 members (excludes halogenated alkanes) is 2. The molecule has 106 valence electrons. The third-order valence-electron chi connectivity index (χ3n) is 4.33. The van der Waals surface area contributed by atoms with Crippen molar-refractivity contribution in [3.63, 3.8) is 0 Å². The quantitative estimate of drug-likeness (QED) is 0.289. The van der Waals surface area contributed by atoms with Crippen LogP contribution in [0.1, 0.15) is 79.1 Å². The first-order chi connectivity index (χ1) is 8.65. The van der Waals surface area contributed by atoms with E-state index in [1.807, 2.05) is 0 Å². The van der Waals surface area contributed by atoms with Gasteiger partial charge in [0.15, 0.2) is 0 Å². The second-order valence-electron chi connectivity index (χ2n) is 5.75. The van der Waals surface area contributed by atoms with E-state index in [2.05, 4.69) is 46.4 Å². The first kappa shape index (κ1) is 17.5. The van der Waals surface area contributed by atoms with Crippen LogP contribution in [0.2, 0.25) is 0 Å². The lowest BCUT2D eigenvalue weighted by atomic mass is 9.84. The summed E-state index contributed by atoms with van der Waals surface area (Å²) in [6.07, 6.45) is 15.0. The maximum absolute atomic E-state index is 3.85. The number of hydrogen-bond acceptors (Lipinski definition) is 0. The van der Waals surface area contributed by atoms with Crippen molar-refractivity contribution in [2.24, 2.45) is 11.8 Å². The third-order valence-corrected chi connectivity index (χ3v) is 4.33. The Morgan fingerprint density at radius 1 is 1.17 bits per heavy atom. The van der Waals surface area contributed by atoms with Gasteiger partial charge in [-0.3, -0.25) is 0 Å². The molecule has 0 heterocycles. The molecule has 0 heteroatoms. The molecule has 0 aromatic carbocycles. The normalized spacial score (nSPS) is 15.4. The van der Waals surface area contributed by atoms with Crippen molar-refractivity contribution in [2.75, 3.05) is 0 Å². The van der Waals surface area contributed by atoms with Crippen LogP contribution in [0.15, 0.2) is 24.3 Å². The van der Waals surface area contributed by atoms with Crippen molar-refractivity contribution in [3.05, 3.63) is 24.3 Å². The van der Waals surface area contributed by atoms with Gasteiger partial charge in [-0.05, 0) is 51.4 Å². The van der Waals surface area contributed by atoms with Crippen LogP contribution in [-0.4, -0.2) is 0 Å².